The van der Waals surface area contributed by atoms with Crippen LogP contribution in [0.2, 0.25) is 0 Å². The lowest BCUT2D eigenvalue weighted by Gasteiger charge is -2.34. The summed E-state index contributed by atoms with van der Waals surface area (Å²) in [6.45, 7) is 2.96. The maximum absolute atomic E-state index is 11.8. The number of carbonyl (C=O) groups is 2. The topological polar surface area (TPSA) is 67.9 Å². The SMILES string of the molecule is CN(C)C(=O)NCCNC1CCN(C(=O)N(C)C)CC1. The van der Waals surface area contributed by atoms with Gasteiger partial charge in [0.1, 0.15) is 0 Å². The molecule has 0 saturated carbocycles. The number of urea groups is 2. The molecule has 1 aliphatic rings. The lowest BCUT2D eigenvalue weighted by molar-refractivity contribution is 0.152. The summed E-state index contributed by atoms with van der Waals surface area (Å²) in [5, 5.41) is 6.24. The van der Waals surface area contributed by atoms with Crippen LogP contribution in [0.5, 0.6) is 0 Å². The Bertz CT molecular complexity index is 325. The van der Waals surface area contributed by atoms with Crippen molar-refractivity contribution in [2.24, 2.45) is 0 Å². The molecule has 7 heteroatoms. The molecule has 0 aliphatic carbocycles. The third-order valence-electron chi connectivity index (χ3n) is 3.39. The maximum Gasteiger partial charge on any atom is 0.319 e. The lowest BCUT2D eigenvalue weighted by Crippen LogP contribution is -2.49. The van der Waals surface area contributed by atoms with Crippen molar-refractivity contribution in [3.8, 4) is 0 Å². The first-order valence-electron chi connectivity index (χ1n) is 7.06. The summed E-state index contributed by atoms with van der Waals surface area (Å²) in [5.74, 6) is 0. The Balaban J connectivity index is 2.14. The highest BCUT2D eigenvalue weighted by atomic mass is 16.2. The van der Waals surface area contributed by atoms with Crippen LogP contribution in [-0.4, -0.2) is 87.2 Å². The minimum Gasteiger partial charge on any atom is -0.337 e. The van der Waals surface area contributed by atoms with E-state index in [0.29, 0.717) is 12.6 Å². The number of rotatable bonds is 4. The van der Waals surface area contributed by atoms with Crippen LogP contribution in [0.25, 0.3) is 0 Å². The first kappa shape index (κ1) is 16.6. The second-order valence-corrected chi connectivity index (χ2v) is 5.52. The fourth-order valence-corrected chi connectivity index (χ4v) is 2.16. The van der Waals surface area contributed by atoms with Gasteiger partial charge in [-0.15, -0.1) is 0 Å². The quantitative estimate of drug-likeness (QED) is 0.714. The summed E-state index contributed by atoms with van der Waals surface area (Å²) >= 11 is 0. The van der Waals surface area contributed by atoms with E-state index >= 15 is 0 Å². The van der Waals surface area contributed by atoms with E-state index in [1.54, 1.807) is 33.1 Å². The highest BCUT2D eigenvalue weighted by Crippen LogP contribution is 2.11. The number of nitrogens with zero attached hydrogens (tertiary/aromatic N) is 3. The molecule has 0 atom stereocenters. The van der Waals surface area contributed by atoms with Crippen LogP contribution in [0.3, 0.4) is 0 Å². The zero-order valence-electron chi connectivity index (χ0n) is 13.0. The standard InChI is InChI=1S/C13H27N5O2/c1-16(2)12(19)15-8-7-14-11-5-9-18(10-6-11)13(20)17(3)4/h11,14H,5-10H2,1-4H3,(H,15,19). The zero-order valence-corrected chi connectivity index (χ0v) is 13.0. The van der Waals surface area contributed by atoms with Gasteiger partial charge in [0, 0.05) is 60.4 Å². The molecule has 1 rings (SSSR count). The molecule has 0 aromatic carbocycles. The lowest BCUT2D eigenvalue weighted by atomic mass is 10.1. The van der Waals surface area contributed by atoms with Crippen LogP contribution in [0.1, 0.15) is 12.8 Å². The molecule has 7 nitrogen and oxygen atoms in total. The Labute approximate surface area is 121 Å². The molecule has 1 saturated heterocycles. The summed E-state index contributed by atoms with van der Waals surface area (Å²) in [7, 11) is 7.00. The van der Waals surface area contributed by atoms with Crippen molar-refractivity contribution in [1.29, 1.82) is 0 Å². The fraction of sp³-hybridized carbons (Fsp3) is 0.846. The molecule has 0 spiro atoms. The maximum atomic E-state index is 11.8. The van der Waals surface area contributed by atoms with E-state index in [9.17, 15) is 9.59 Å². The summed E-state index contributed by atoms with van der Waals surface area (Å²) in [5.41, 5.74) is 0. The summed E-state index contributed by atoms with van der Waals surface area (Å²) in [4.78, 5) is 28.1. The van der Waals surface area contributed by atoms with E-state index < -0.39 is 0 Å². The number of hydrogen-bond donors (Lipinski definition) is 2. The van der Waals surface area contributed by atoms with Crippen LogP contribution < -0.4 is 10.6 Å². The molecular formula is C13H27N5O2. The van der Waals surface area contributed by atoms with Crippen molar-refractivity contribution < 1.29 is 9.59 Å². The first-order valence-corrected chi connectivity index (χ1v) is 7.06. The van der Waals surface area contributed by atoms with Crippen molar-refractivity contribution in [2.45, 2.75) is 18.9 Å². The van der Waals surface area contributed by atoms with Gasteiger partial charge in [-0.1, -0.05) is 0 Å². The van der Waals surface area contributed by atoms with E-state index in [1.807, 2.05) is 4.90 Å². The van der Waals surface area contributed by atoms with E-state index in [1.165, 1.54) is 4.90 Å². The smallest absolute Gasteiger partial charge is 0.319 e. The van der Waals surface area contributed by atoms with Crippen LogP contribution in [-0.2, 0) is 0 Å². The largest absolute Gasteiger partial charge is 0.337 e. The second-order valence-electron chi connectivity index (χ2n) is 5.52. The molecular weight excluding hydrogens is 258 g/mol. The number of likely N-dealkylation sites (tertiary alicyclic amines) is 1. The van der Waals surface area contributed by atoms with Gasteiger partial charge in [-0.2, -0.15) is 0 Å². The summed E-state index contributed by atoms with van der Waals surface area (Å²) in [6.07, 6.45) is 1.92. The number of amides is 4. The predicted octanol–water partition coefficient (Wildman–Crippen LogP) is -0.00680. The highest BCUT2D eigenvalue weighted by Gasteiger charge is 2.23. The molecule has 0 bridgehead atoms. The average molecular weight is 285 g/mol. The van der Waals surface area contributed by atoms with E-state index in [0.717, 1.165) is 32.5 Å². The van der Waals surface area contributed by atoms with Crippen LogP contribution in [0.4, 0.5) is 9.59 Å². The van der Waals surface area contributed by atoms with Crippen molar-refractivity contribution >= 4 is 12.1 Å². The Hall–Kier alpha value is -1.50. The van der Waals surface area contributed by atoms with Gasteiger partial charge in [0.15, 0.2) is 0 Å². The van der Waals surface area contributed by atoms with Gasteiger partial charge in [0.05, 0.1) is 0 Å². The van der Waals surface area contributed by atoms with Crippen molar-refractivity contribution in [3.63, 3.8) is 0 Å². The van der Waals surface area contributed by atoms with Gasteiger partial charge >= 0.3 is 12.1 Å². The van der Waals surface area contributed by atoms with Gasteiger partial charge < -0.3 is 25.3 Å². The Morgan fingerprint density at radius 3 is 2.15 bits per heavy atom. The minimum absolute atomic E-state index is 0.0711. The van der Waals surface area contributed by atoms with Gasteiger partial charge in [0.25, 0.3) is 0 Å². The number of piperidine rings is 1. The predicted molar refractivity (Wildman–Crippen MR) is 78.8 cm³/mol. The van der Waals surface area contributed by atoms with Gasteiger partial charge in [-0.25, -0.2) is 9.59 Å². The third-order valence-corrected chi connectivity index (χ3v) is 3.39. The average Bonchev–Trinajstić information content (AvgIpc) is 2.43. The molecule has 0 unspecified atom stereocenters. The fourth-order valence-electron chi connectivity index (χ4n) is 2.16. The monoisotopic (exact) mass is 285 g/mol. The number of carbonyl (C=O) groups excluding carboxylic acids is 2. The molecule has 116 valence electrons. The Morgan fingerprint density at radius 2 is 1.65 bits per heavy atom. The van der Waals surface area contributed by atoms with Crippen LogP contribution >= 0.6 is 0 Å². The zero-order chi connectivity index (χ0) is 15.1. The van der Waals surface area contributed by atoms with Gasteiger partial charge in [-0.05, 0) is 12.8 Å². The van der Waals surface area contributed by atoms with Gasteiger partial charge in [0.2, 0.25) is 0 Å². The van der Waals surface area contributed by atoms with Crippen molar-refractivity contribution in [2.75, 3.05) is 54.4 Å². The highest BCUT2D eigenvalue weighted by molar-refractivity contribution is 5.74. The van der Waals surface area contributed by atoms with Crippen molar-refractivity contribution in [1.82, 2.24) is 25.3 Å². The van der Waals surface area contributed by atoms with Crippen molar-refractivity contribution in [3.05, 3.63) is 0 Å². The van der Waals surface area contributed by atoms with E-state index in [2.05, 4.69) is 10.6 Å². The minimum atomic E-state index is -0.0711. The van der Waals surface area contributed by atoms with E-state index in [4.69, 9.17) is 0 Å². The van der Waals surface area contributed by atoms with Crippen LogP contribution in [0.15, 0.2) is 0 Å². The molecule has 0 aromatic rings. The Morgan fingerprint density at radius 1 is 1.05 bits per heavy atom. The second kappa shape index (κ2) is 7.94. The van der Waals surface area contributed by atoms with Gasteiger partial charge in [-0.3, -0.25) is 0 Å². The van der Waals surface area contributed by atoms with E-state index in [-0.39, 0.29) is 12.1 Å². The third kappa shape index (κ3) is 5.24. The molecule has 2 N–H and O–H groups in total. The number of nitrogens with one attached hydrogen (secondary N) is 2. The molecule has 0 aromatic heterocycles. The molecule has 4 amide bonds. The summed E-state index contributed by atoms with van der Waals surface area (Å²) in [6, 6.07) is 0.442. The first-order chi connectivity index (χ1) is 9.41. The molecule has 1 fully saturated rings. The molecule has 20 heavy (non-hydrogen) atoms. The molecule has 0 radical (unpaired) electrons. The normalized spacial score (nSPS) is 15.9. The summed E-state index contributed by atoms with van der Waals surface area (Å²) < 4.78 is 0. The van der Waals surface area contributed by atoms with Crippen LogP contribution in [0, 0.1) is 0 Å². The Kier molecular flexibility index (Phi) is 6.57. The molecule has 1 heterocycles. The molecule has 1 aliphatic heterocycles. The number of hydrogen-bond acceptors (Lipinski definition) is 3.